The number of rotatable bonds is 49. The molecule has 0 fully saturated rings. The van der Waals surface area contributed by atoms with E-state index in [0.29, 0.717) is 12.8 Å². The number of unbranched alkanes of at least 4 members (excludes halogenated alkanes) is 33. The molecule has 0 aliphatic rings. The van der Waals surface area contributed by atoms with Crippen molar-refractivity contribution in [1.82, 2.24) is 0 Å². The van der Waals surface area contributed by atoms with Gasteiger partial charge in [-0.15, -0.1) is 0 Å². The van der Waals surface area contributed by atoms with E-state index in [2.05, 4.69) is 30.5 Å². The number of carbonyl (C=O) groups excluding carboxylic acids is 2. The molecule has 4 N–H and O–H groups in total. The highest BCUT2D eigenvalue weighted by Gasteiger charge is 2.28. The Morgan fingerprint density at radius 2 is 0.806 bits per heavy atom. The first-order chi connectivity index (χ1) is 30.1. The molecule has 0 rings (SSSR count). The Bertz CT molecular complexity index is 1110. The number of carboxylic acid groups (broad SMARTS) is 1. The molecule has 0 saturated heterocycles. The molecule has 11 nitrogen and oxygen atoms in total. The van der Waals surface area contributed by atoms with E-state index in [-0.39, 0.29) is 19.4 Å². The Labute approximate surface area is 379 Å². The van der Waals surface area contributed by atoms with Crippen molar-refractivity contribution in [3.05, 3.63) is 12.2 Å². The van der Waals surface area contributed by atoms with Crippen LogP contribution in [0, 0.1) is 0 Å². The lowest BCUT2D eigenvalue weighted by Gasteiger charge is -2.20. The zero-order valence-corrected chi connectivity index (χ0v) is 40.9. The third kappa shape index (κ3) is 44.8. The lowest BCUT2D eigenvalue weighted by atomic mass is 10.0. The van der Waals surface area contributed by atoms with E-state index in [1.54, 1.807) is 0 Å². The molecule has 12 heteroatoms. The van der Waals surface area contributed by atoms with Gasteiger partial charge in [0.05, 0.1) is 13.2 Å². The van der Waals surface area contributed by atoms with E-state index in [0.717, 1.165) is 38.5 Å². The average molecular weight is 902 g/mol. The molecule has 0 aliphatic heterocycles. The summed E-state index contributed by atoms with van der Waals surface area (Å²) in [5.41, 5.74) is 5.35. The number of ether oxygens (including phenoxy) is 2. The molecule has 366 valence electrons. The molecule has 0 aromatic heterocycles. The summed E-state index contributed by atoms with van der Waals surface area (Å²) in [6, 6.07) is -1.52. The van der Waals surface area contributed by atoms with Crippen LogP contribution in [0.1, 0.15) is 258 Å². The Morgan fingerprint density at radius 1 is 0.484 bits per heavy atom. The van der Waals surface area contributed by atoms with Crippen LogP contribution in [0.25, 0.3) is 0 Å². The summed E-state index contributed by atoms with van der Waals surface area (Å²) < 4.78 is 32.9. The Hall–Kier alpha value is -1.78. The standard InChI is InChI=1S/C50H96NO10P/c1-3-5-7-9-11-13-15-17-19-21-23-25-27-29-31-33-35-37-39-41-48(52)58-43-46(44-59-62(56,57)60-45-47(51)50(54)55)61-49(53)42-40-38-36-34-32-30-28-26-24-22-20-18-16-14-12-10-8-6-4-2/h17,19,46-47H,3-16,18,20-45,51H2,1-2H3,(H,54,55)(H,56,57)/b19-17-/t46-,47+/m1/s1. The Morgan fingerprint density at radius 3 is 1.18 bits per heavy atom. The topological polar surface area (TPSA) is 172 Å². The SMILES string of the molecule is CCCCCCCC/C=C\CCCCCCCCCCCC(=O)OC[C@H](COP(=O)(O)OC[C@H](N)C(=O)O)OC(=O)CCCCCCCCCCCCCCCCCCCCC. The molecule has 0 heterocycles. The van der Waals surface area contributed by atoms with Crippen LogP contribution >= 0.6 is 7.82 Å². The van der Waals surface area contributed by atoms with Crippen molar-refractivity contribution in [3.63, 3.8) is 0 Å². The number of hydrogen-bond acceptors (Lipinski definition) is 9. The largest absolute Gasteiger partial charge is 0.480 e. The van der Waals surface area contributed by atoms with Crippen LogP contribution in [-0.4, -0.2) is 59.9 Å². The van der Waals surface area contributed by atoms with Crippen LogP contribution in [0.4, 0.5) is 0 Å². The summed E-state index contributed by atoms with van der Waals surface area (Å²) >= 11 is 0. The first-order valence-electron chi connectivity index (χ1n) is 25.7. The summed E-state index contributed by atoms with van der Waals surface area (Å²) in [6.45, 7) is 2.85. The predicted molar refractivity (Wildman–Crippen MR) is 254 cm³/mol. The van der Waals surface area contributed by atoms with E-state index in [1.807, 2.05) is 0 Å². The second kappa shape index (κ2) is 45.8. The van der Waals surface area contributed by atoms with Gasteiger partial charge < -0.3 is 25.2 Å². The molecule has 0 aromatic rings. The third-order valence-corrected chi connectivity index (χ3v) is 12.5. The number of carbonyl (C=O) groups is 3. The number of carboxylic acids is 1. The molecule has 0 radical (unpaired) electrons. The van der Waals surface area contributed by atoms with Crippen molar-refractivity contribution in [2.75, 3.05) is 19.8 Å². The Kier molecular flexibility index (Phi) is 44.5. The van der Waals surface area contributed by atoms with Gasteiger partial charge in [0.2, 0.25) is 0 Å². The maximum atomic E-state index is 12.7. The van der Waals surface area contributed by atoms with E-state index in [1.165, 1.54) is 180 Å². The van der Waals surface area contributed by atoms with E-state index >= 15 is 0 Å². The average Bonchev–Trinajstić information content (AvgIpc) is 3.25. The molecule has 0 saturated carbocycles. The zero-order valence-electron chi connectivity index (χ0n) is 40.0. The fraction of sp³-hybridized carbons (Fsp3) is 0.900. The molecule has 62 heavy (non-hydrogen) atoms. The second-order valence-electron chi connectivity index (χ2n) is 17.7. The fourth-order valence-electron chi connectivity index (χ4n) is 7.47. The van der Waals surface area contributed by atoms with Crippen molar-refractivity contribution in [1.29, 1.82) is 0 Å². The van der Waals surface area contributed by atoms with Crippen LogP contribution in [0.15, 0.2) is 12.2 Å². The van der Waals surface area contributed by atoms with Crippen molar-refractivity contribution in [2.24, 2.45) is 5.73 Å². The number of esters is 2. The lowest BCUT2D eigenvalue weighted by molar-refractivity contribution is -0.161. The number of aliphatic carboxylic acids is 1. The summed E-state index contributed by atoms with van der Waals surface area (Å²) in [5.74, 6) is -2.36. The highest BCUT2D eigenvalue weighted by molar-refractivity contribution is 7.47. The van der Waals surface area contributed by atoms with Gasteiger partial charge in [0.25, 0.3) is 0 Å². The number of phosphoric acid groups is 1. The summed E-state index contributed by atoms with van der Waals surface area (Å²) in [7, 11) is -4.72. The minimum absolute atomic E-state index is 0.167. The third-order valence-electron chi connectivity index (χ3n) is 11.5. The molecule has 0 aromatic carbocycles. The first kappa shape index (κ1) is 60.2. The predicted octanol–water partition coefficient (Wildman–Crippen LogP) is 14.4. The number of allylic oxidation sites excluding steroid dienone is 2. The second-order valence-corrected chi connectivity index (χ2v) is 19.1. The number of nitrogens with two attached hydrogens (primary N) is 1. The van der Waals surface area contributed by atoms with Gasteiger partial charge >= 0.3 is 25.7 Å². The lowest BCUT2D eigenvalue weighted by Crippen LogP contribution is -2.34. The van der Waals surface area contributed by atoms with Crippen LogP contribution in [0.2, 0.25) is 0 Å². The van der Waals surface area contributed by atoms with E-state index < -0.39 is 51.1 Å². The molecular weight excluding hydrogens is 806 g/mol. The minimum atomic E-state index is -4.72. The maximum absolute atomic E-state index is 12.7. The monoisotopic (exact) mass is 902 g/mol. The fourth-order valence-corrected chi connectivity index (χ4v) is 8.25. The quantitative estimate of drug-likeness (QED) is 0.0230. The summed E-state index contributed by atoms with van der Waals surface area (Å²) in [5, 5.41) is 8.92. The molecule has 0 amide bonds. The van der Waals surface area contributed by atoms with E-state index in [4.69, 9.17) is 24.8 Å². The van der Waals surface area contributed by atoms with Crippen molar-refractivity contribution in [3.8, 4) is 0 Å². The van der Waals surface area contributed by atoms with Gasteiger partial charge in [-0.25, -0.2) is 4.57 Å². The molecule has 0 spiro atoms. The van der Waals surface area contributed by atoms with Crippen molar-refractivity contribution in [2.45, 2.75) is 270 Å². The van der Waals surface area contributed by atoms with Crippen molar-refractivity contribution >= 4 is 25.7 Å². The zero-order chi connectivity index (χ0) is 45.6. The number of phosphoric ester groups is 1. The van der Waals surface area contributed by atoms with Crippen LogP contribution in [-0.2, 0) is 37.5 Å². The highest BCUT2D eigenvalue weighted by atomic mass is 31.2. The van der Waals surface area contributed by atoms with Gasteiger partial charge in [0.15, 0.2) is 6.10 Å². The first-order valence-corrected chi connectivity index (χ1v) is 27.2. The normalized spacial score (nSPS) is 13.6. The van der Waals surface area contributed by atoms with Crippen LogP contribution in [0.5, 0.6) is 0 Å². The van der Waals surface area contributed by atoms with Gasteiger partial charge in [-0.3, -0.25) is 23.4 Å². The van der Waals surface area contributed by atoms with Gasteiger partial charge in [0, 0.05) is 12.8 Å². The molecule has 3 atom stereocenters. The van der Waals surface area contributed by atoms with Gasteiger partial charge in [-0.1, -0.05) is 219 Å². The van der Waals surface area contributed by atoms with Crippen LogP contribution < -0.4 is 5.73 Å². The van der Waals surface area contributed by atoms with Gasteiger partial charge in [0.1, 0.15) is 12.6 Å². The molecule has 1 unspecified atom stereocenters. The van der Waals surface area contributed by atoms with Crippen molar-refractivity contribution < 1.29 is 47.5 Å². The molecular formula is C50H96NO10P. The molecule has 0 aliphatic carbocycles. The van der Waals surface area contributed by atoms with Gasteiger partial charge in [-0.05, 0) is 38.5 Å². The summed E-state index contributed by atoms with van der Waals surface area (Å²) in [4.78, 5) is 46.2. The van der Waals surface area contributed by atoms with Gasteiger partial charge in [-0.2, -0.15) is 0 Å². The summed E-state index contributed by atoms with van der Waals surface area (Å²) in [6.07, 6.45) is 48.4. The maximum Gasteiger partial charge on any atom is 0.472 e. The van der Waals surface area contributed by atoms with E-state index in [9.17, 15) is 23.8 Å². The highest BCUT2D eigenvalue weighted by Crippen LogP contribution is 2.43. The molecule has 0 bridgehead atoms. The van der Waals surface area contributed by atoms with Crippen LogP contribution in [0.3, 0.4) is 0 Å². The minimum Gasteiger partial charge on any atom is -0.480 e. The smallest absolute Gasteiger partial charge is 0.472 e. The number of hydrogen-bond donors (Lipinski definition) is 3. The Balaban J connectivity index is 4.21.